The number of rotatable bonds is 4. The molecule has 1 aliphatic carbocycles. The van der Waals surface area contributed by atoms with E-state index >= 15 is 0 Å². The summed E-state index contributed by atoms with van der Waals surface area (Å²) in [5, 5.41) is 1.47. The molecule has 30 heavy (non-hydrogen) atoms. The minimum atomic E-state index is -0.246. The molecule has 2 aromatic carbocycles. The average Bonchev–Trinajstić information content (AvgIpc) is 3.13. The molecule has 0 fully saturated rings. The van der Waals surface area contributed by atoms with E-state index in [-0.39, 0.29) is 11.4 Å². The summed E-state index contributed by atoms with van der Waals surface area (Å²) < 4.78 is 15.0. The van der Waals surface area contributed by atoms with Crippen LogP contribution >= 0.6 is 23.1 Å². The van der Waals surface area contributed by atoms with Gasteiger partial charge in [0.2, 0.25) is 0 Å². The van der Waals surface area contributed by atoms with Crippen molar-refractivity contribution < 1.29 is 4.39 Å². The van der Waals surface area contributed by atoms with Gasteiger partial charge < -0.3 is 0 Å². The summed E-state index contributed by atoms with van der Waals surface area (Å²) in [6, 6.07) is 14.5. The predicted molar refractivity (Wildman–Crippen MR) is 123 cm³/mol. The maximum Gasteiger partial charge on any atom is 0.267 e. The molecule has 0 unspecified atom stereocenters. The Bertz CT molecular complexity index is 1270. The number of thioether (sulfide) groups is 1. The van der Waals surface area contributed by atoms with Crippen LogP contribution in [0.5, 0.6) is 0 Å². The molecular formula is C24H21FN2OS2. The molecule has 0 amide bonds. The van der Waals surface area contributed by atoms with E-state index in [1.165, 1.54) is 40.8 Å². The van der Waals surface area contributed by atoms with Gasteiger partial charge in [0.05, 0.1) is 11.1 Å². The van der Waals surface area contributed by atoms with Crippen molar-refractivity contribution in [1.82, 2.24) is 9.55 Å². The van der Waals surface area contributed by atoms with Crippen molar-refractivity contribution in [2.75, 3.05) is 0 Å². The van der Waals surface area contributed by atoms with Gasteiger partial charge >= 0.3 is 0 Å². The summed E-state index contributed by atoms with van der Waals surface area (Å²) in [5.41, 5.74) is 4.20. The number of aromatic nitrogens is 2. The van der Waals surface area contributed by atoms with Gasteiger partial charge in [0.1, 0.15) is 10.6 Å². The number of fused-ring (bicyclic) bond motifs is 3. The summed E-state index contributed by atoms with van der Waals surface area (Å²) >= 11 is 3.19. The first-order chi connectivity index (χ1) is 14.6. The van der Waals surface area contributed by atoms with Crippen molar-refractivity contribution in [3.8, 4) is 5.69 Å². The molecule has 0 spiro atoms. The summed E-state index contributed by atoms with van der Waals surface area (Å²) in [5.74, 6) is 0.374. The number of benzene rings is 2. The number of thiophene rings is 1. The molecule has 0 aliphatic heterocycles. The van der Waals surface area contributed by atoms with Crippen molar-refractivity contribution in [3.63, 3.8) is 0 Å². The van der Waals surface area contributed by atoms with E-state index in [4.69, 9.17) is 4.98 Å². The Labute approximate surface area is 182 Å². The van der Waals surface area contributed by atoms with Gasteiger partial charge in [0.25, 0.3) is 5.56 Å². The molecule has 0 bridgehead atoms. The van der Waals surface area contributed by atoms with E-state index in [2.05, 4.69) is 0 Å². The SMILES string of the molecule is Cc1ccc(-n2c(SCc3ccc(F)cc3)nc3sc4c(c3c2=O)CCCC4)cc1. The maximum absolute atomic E-state index is 13.7. The smallest absolute Gasteiger partial charge is 0.267 e. The Morgan fingerprint density at radius 3 is 2.57 bits per heavy atom. The lowest BCUT2D eigenvalue weighted by Gasteiger charge is -2.14. The van der Waals surface area contributed by atoms with Crippen LogP contribution in [0.2, 0.25) is 0 Å². The first-order valence-electron chi connectivity index (χ1n) is 10.1. The zero-order chi connectivity index (χ0) is 20.7. The molecule has 3 nitrogen and oxygen atoms in total. The number of halogens is 1. The molecule has 4 aromatic rings. The lowest BCUT2D eigenvalue weighted by atomic mass is 9.97. The minimum Gasteiger partial charge on any atom is -0.268 e. The molecule has 0 N–H and O–H groups in total. The highest BCUT2D eigenvalue weighted by molar-refractivity contribution is 7.98. The van der Waals surface area contributed by atoms with E-state index in [9.17, 15) is 9.18 Å². The second kappa shape index (κ2) is 8.00. The Kier molecular flexibility index (Phi) is 5.21. The molecule has 5 rings (SSSR count). The molecule has 0 atom stereocenters. The number of hydrogen-bond acceptors (Lipinski definition) is 4. The second-order valence-corrected chi connectivity index (χ2v) is 9.70. The van der Waals surface area contributed by atoms with Gasteiger partial charge in [0, 0.05) is 10.6 Å². The fraction of sp³-hybridized carbons (Fsp3) is 0.250. The monoisotopic (exact) mass is 436 g/mol. The predicted octanol–water partition coefficient (Wildman–Crippen LogP) is 6.07. The molecule has 0 saturated carbocycles. The van der Waals surface area contributed by atoms with Crippen molar-refractivity contribution in [1.29, 1.82) is 0 Å². The lowest BCUT2D eigenvalue weighted by Crippen LogP contribution is -2.22. The van der Waals surface area contributed by atoms with Crippen LogP contribution in [0.3, 0.4) is 0 Å². The van der Waals surface area contributed by atoms with Gasteiger partial charge in [0.15, 0.2) is 5.16 Å². The molecule has 0 saturated heterocycles. The van der Waals surface area contributed by atoms with Crippen molar-refractivity contribution in [2.24, 2.45) is 0 Å². The van der Waals surface area contributed by atoms with Crippen LogP contribution in [-0.2, 0) is 18.6 Å². The summed E-state index contributed by atoms with van der Waals surface area (Å²) in [4.78, 5) is 20.8. The number of aryl methyl sites for hydroxylation is 3. The first-order valence-corrected chi connectivity index (χ1v) is 11.9. The highest BCUT2D eigenvalue weighted by atomic mass is 32.2. The third kappa shape index (κ3) is 3.59. The topological polar surface area (TPSA) is 34.9 Å². The van der Waals surface area contributed by atoms with Crippen molar-refractivity contribution >= 4 is 33.3 Å². The van der Waals surface area contributed by atoms with Gasteiger partial charge in [-0.3, -0.25) is 9.36 Å². The van der Waals surface area contributed by atoms with Gasteiger partial charge in [-0.1, -0.05) is 41.6 Å². The first kappa shape index (κ1) is 19.5. The highest BCUT2D eigenvalue weighted by Gasteiger charge is 2.22. The van der Waals surface area contributed by atoms with Crippen molar-refractivity contribution in [2.45, 2.75) is 43.5 Å². The molecule has 2 heterocycles. The largest absolute Gasteiger partial charge is 0.268 e. The van der Waals surface area contributed by atoms with Crippen LogP contribution < -0.4 is 5.56 Å². The quantitative estimate of drug-likeness (QED) is 0.288. The van der Waals surface area contributed by atoms with Gasteiger partial charge in [-0.2, -0.15) is 0 Å². The zero-order valence-electron chi connectivity index (χ0n) is 16.7. The van der Waals surface area contributed by atoms with E-state index in [0.29, 0.717) is 10.9 Å². The Morgan fingerprint density at radius 1 is 1.07 bits per heavy atom. The van der Waals surface area contributed by atoms with Gasteiger partial charge in [-0.25, -0.2) is 9.37 Å². The third-order valence-corrected chi connectivity index (χ3v) is 7.73. The van der Waals surface area contributed by atoms with Crippen LogP contribution in [0.1, 0.15) is 34.4 Å². The van der Waals surface area contributed by atoms with E-state index in [0.717, 1.165) is 46.3 Å². The number of hydrogen-bond donors (Lipinski definition) is 0. The fourth-order valence-corrected chi connectivity index (χ4v) is 6.20. The van der Waals surface area contributed by atoms with Crippen LogP contribution in [0.25, 0.3) is 15.9 Å². The van der Waals surface area contributed by atoms with E-state index < -0.39 is 0 Å². The van der Waals surface area contributed by atoms with Crippen LogP contribution in [-0.4, -0.2) is 9.55 Å². The lowest BCUT2D eigenvalue weighted by molar-refractivity contribution is 0.627. The van der Waals surface area contributed by atoms with Crippen molar-refractivity contribution in [3.05, 3.63) is 86.3 Å². The van der Waals surface area contributed by atoms with Gasteiger partial charge in [-0.05, 0) is 68.0 Å². The average molecular weight is 437 g/mol. The summed E-state index contributed by atoms with van der Waals surface area (Å²) in [6.07, 6.45) is 4.31. The minimum absolute atomic E-state index is 0.0184. The normalized spacial score (nSPS) is 13.5. The van der Waals surface area contributed by atoms with Crippen LogP contribution in [0.4, 0.5) is 4.39 Å². The summed E-state index contributed by atoms with van der Waals surface area (Å²) in [7, 11) is 0. The second-order valence-electron chi connectivity index (χ2n) is 7.68. The molecule has 2 aromatic heterocycles. The molecule has 1 aliphatic rings. The third-order valence-electron chi connectivity index (χ3n) is 5.53. The van der Waals surface area contributed by atoms with Crippen LogP contribution in [0, 0.1) is 12.7 Å². The Balaban J connectivity index is 1.65. The fourth-order valence-electron chi connectivity index (χ4n) is 3.93. The van der Waals surface area contributed by atoms with Crippen LogP contribution in [0.15, 0.2) is 58.5 Å². The van der Waals surface area contributed by atoms with Gasteiger partial charge in [-0.15, -0.1) is 11.3 Å². The zero-order valence-corrected chi connectivity index (χ0v) is 18.3. The summed E-state index contributed by atoms with van der Waals surface area (Å²) in [6.45, 7) is 2.04. The van der Waals surface area contributed by atoms with E-state index in [1.54, 1.807) is 28.0 Å². The Hall–Kier alpha value is -2.44. The maximum atomic E-state index is 13.7. The molecule has 6 heteroatoms. The van der Waals surface area contributed by atoms with E-state index in [1.807, 2.05) is 31.2 Å². The Morgan fingerprint density at radius 2 is 1.80 bits per heavy atom. The standard InChI is InChI=1S/C24H21FN2OS2/c1-15-6-12-18(13-7-15)27-23(28)21-19-4-2-3-5-20(19)30-22(21)26-24(27)29-14-16-8-10-17(25)11-9-16/h6-13H,2-5,14H2,1H3. The molecular weight excluding hydrogens is 415 g/mol. The highest BCUT2D eigenvalue weighted by Crippen LogP contribution is 2.35. The number of nitrogens with zero attached hydrogens (tertiary/aromatic N) is 2. The molecule has 152 valence electrons. The molecule has 0 radical (unpaired) electrons.